The van der Waals surface area contributed by atoms with Gasteiger partial charge in [-0.2, -0.15) is 0 Å². The van der Waals surface area contributed by atoms with Gasteiger partial charge in [-0.25, -0.2) is 0 Å². The van der Waals surface area contributed by atoms with Crippen LogP contribution in [0.25, 0.3) is 0 Å². The van der Waals surface area contributed by atoms with Crippen LogP contribution in [0.2, 0.25) is 5.02 Å². The number of nitrogens with one attached hydrogen (secondary N) is 1. The lowest BCUT2D eigenvalue weighted by Gasteiger charge is -2.30. The Morgan fingerprint density at radius 3 is 2.44 bits per heavy atom. The van der Waals surface area contributed by atoms with Gasteiger partial charge in [0.25, 0.3) is 0 Å². The van der Waals surface area contributed by atoms with Crippen molar-refractivity contribution in [3.05, 3.63) is 34.9 Å². The van der Waals surface area contributed by atoms with Crippen molar-refractivity contribution in [2.75, 3.05) is 27.2 Å². The van der Waals surface area contributed by atoms with Crippen LogP contribution in [-0.2, 0) is 0 Å². The average molecular weight is 269 g/mol. The molecule has 1 N–H and O–H groups in total. The monoisotopic (exact) mass is 268 g/mol. The molecule has 2 nitrogen and oxygen atoms in total. The van der Waals surface area contributed by atoms with Crippen LogP contribution >= 0.6 is 11.6 Å². The van der Waals surface area contributed by atoms with E-state index in [-0.39, 0.29) is 11.5 Å². The summed E-state index contributed by atoms with van der Waals surface area (Å²) in [7, 11) is 4.22. The van der Waals surface area contributed by atoms with Gasteiger partial charge in [-0.05, 0) is 38.1 Å². The SMILES string of the molecule is CC(NCC(C)(C)CN(C)C)c1ccccc1Cl. The number of benzene rings is 1. The lowest BCUT2D eigenvalue weighted by atomic mass is 9.92. The Morgan fingerprint density at radius 2 is 1.89 bits per heavy atom. The molecular formula is C15H25ClN2. The van der Waals surface area contributed by atoms with Crippen molar-refractivity contribution in [3.63, 3.8) is 0 Å². The lowest BCUT2D eigenvalue weighted by molar-refractivity contribution is 0.227. The molecule has 0 aliphatic heterocycles. The molecule has 0 spiro atoms. The fourth-order valence-corrected chi connectivity index (χ4v) is 2.58. The van der Waals surface area contributed by atoms with Gasteiger partial charge in [-0.3, -0.25) is 0 Å². The van der Waals surface area contributed by atoms with Crippen LogP contribution in [0.1, 0.15) is 32.4 Å². The molecule has 1 atom stereocenters. The summed E-state index contributed by atoms with van der Waals surface area (Å²) in [5, 5.41) is 4.41. The normalized spacial score (nSPS) is 13.9. The van der Waals surface area contributed by atoms with Crippen LogP contribution in [-0.4, -0.2) is 32.1 Å². The van der Waals surface area contributed by atoms with E-state index in [2.05, 4.69) is 51.1 Å². The second kappa shape index (κ2) is 6.55. The molecule has 1 aromatic rings. The maximum atomic E-state index is 6.21. The zero-order valence-electron chi connectivity index (χ0n) is 12.1. The number of hydrogen-bond acceptors (Lipinski definition) is 2. The van der Waals surface area contributed by atoms with Crippen molar-refractivity contribution in [2.24, 2.45) is 5.41 Å². The molecule has 1 unspecified atom stereocenters. The third-order valence-electron chi connectivity index (χ3n) is 3.00. The first kappa shape index (κ1) is 15.5. The van der Waals surface area contributed by atoms with E-state index in [0.29, 0.717) is 0 Å². The smallest absolute Gasteiger partial charge is 0.0453 e. The summed E-state index contributed by atoms with van der Waals surface area (Å²) in [6, 6.07) is 8.30. The summed E-state index contributed by atoms with van der Waals surface area (Å²) in [6.07, 6.45) is 0. The van der Waals surface area contributed by atoms with Crippen LogP contribution < -0.4 is 5.32 Å². The second-order valence-corrected chi connectivity index (χ2v) is 6.43. The second-order valence-electron chi connectivity index (χ2n) is 6.03. The Kier molecular flexibility index (Phi) is 5.64. The highest BCUT2D eigenvalue weighted by atomic mass is 35.5. The van der Waals surface area contributed by atoms with Crippen molar-refractivity contribution >= 4 is 11.6 Å². The predicted octanol–water partition coefficient (Wildman–Crippen LogP) is 3.58. The number of halogens is 1. The number of hydrogen-bond donors (Lipinski definition) is 1. The van der Waals surface area contributed by atoms with Gasteiger partial charge in [0.05, 0.1) is 0 Å². The standard InChI is InChI=1S/C15H25ClN2/c1-12(13-8-6-7-9-14(13)16)17-10-15(2,3)11-18(4)5/h6-9,12,17H,10-11H2,1-5H3. The first-order valence-corrected chi connectivity index (χ1v) is 6.82. The van der Waals surface area contributed by atoms with Crippen molar-refractivity contribution in [2.45, 2.75) is 26.8 Å². The molecule has 0 saturated carbocycles. The molecule has 1 aromatic carbocycles. The quantitative estimate of drug-likeness (QED) is 0.848. The Bertz CT molecular complexity index is 375. The van der Waals surface area contributed by atoms with Crippen LogP contribution in [0.15, 0.2) is 24.3 Å². The van der Waals surface area contributed by atoms with Gasteiger partial charge >= 0.3 is 0 Å². The van der Waals surface area contributed by atoms with Gasteiger partial charge in [0, 0.05) is 24.2 Å². The summed E-state index contributed by atoms with van der Waals surface area (Å²) in [5.74, 6) is 0. The first-order chi connectivity index (χ1) is 8.32. The molecule has 0 saturated heterocycles. The van der Waals surface area contributed by atoms with E-state index in [9.17, 15) is 0 Å². The third kappa shape index (κ3) is 4.97. The molecule has 0 amide bonds. The fraction of sp³-hybridized carbons (Fsp3) is 0.600. The molecule has 0 bridgehead atoms. The maximum absolute atomic E-state index is 6.21. The van der Waals surface area contributed by atoms with Gasteiger partial charge < -0.3 is 10.2 Å². The Labute approximate surface area is 116 Å². The topological polar surface area (TPSA) is 15.3 Å². The van der Waals surface area contributed by atoms with E-state index in [0.717, 1.165) is 18.1 Å². The van der Waals surface area contributed by atoms with Crippen LogP contribution in [0.5, 0.6) is 0 Å². The van der Waals surface area contributed by atoms with E-state index in [1.165, 1.54) is 5.56 Å². The molecule has 102 valence electrons. The fourth-order valence-electron chi connectivity index (χ4n) is 2.28. The largest absolute Gasteiger partial charge is 0.310 e. The van der Waals surface area contributed by atoms with Crippen LogP contribution in [0, 0.1) is 5.41 Å². The van der Waals surface area contributed by atoms with E-state index >= 15 is 0 Å². The Hall–Kier alpha value is -0.570. The van der Waals surface area contributed by atoms with Crippen molar-refractivity contribution < 1.29 is 0 Å². The minimum absolute atomic E-state index is 0.249. The van der Waals surface area contributed by atoms with E-state index in [1.54, 1.807) is 0 Å². The summed E-state index contributed by atoms with van der Waals surface area (Å²) < 4.78 is 0. The van der Waals surface area contributed by atoms with Gasteiger partial charge in [0.15, 0.2) is 0 Å². The molecule has 0 aliphatic rings. The molecule has 0 fully saturated rings. The molecular weight excluding hydrogens is 244 g/mol. The number of nitrogens with zero attached hydrogens (tertiary/aromatic N) is 1. The van der Waals surface area contributed by atoms with Crippen molar-refractivity contribution in [1.82, 2.24) is 10.2 Å². The maximum Gasteiger partial charge on any atom is 0.0453 e. The highest BCUT2D eigenvalue weighted by Crippen LogP contribution is 2.23. The highest BCUT2D eigenvalue weighted by Gasteiger charge is 2.20. The van der Waals surface area contributed by atoms with Gasteiger partial charge in [0.1, 0.15) is 0 Å². The first-order valence-electron chi connectivity index (χ1n) is 6.44. The molecule has 18 heavy (non-hydrogen) atoms. The van der Waals surface area contributed by atoms with Crippen molar-refractivity contribution in [1.29, 1.82) is 0 Å². The Balaban J connectivity index is 2.56. The van der Waals surface area contributed by atoms with Crippen LogP contribution in [0.4, 0.5) is 0 Å². The summed E-state index contributed by atoms with van der Waals surface area (Å²) in [6.45, 7) is 8.75. The third-order valence-corrected chi connectivity index (χ3v) is 3.35. The van der Waals surface area contributed by atoms with Crippen molar-refractivity contribution in [3.8, 4) is 0 Å². The molecule has 0 heterocycles. The summed E-state index contributed by atoms with van der Waals surface area (Å²) >= 11 is 6.21. The molecule has 0 aliphatic carbocycles. The minimum atomic E-state index is 0.249. The lowest BCUT2D eigenvalue weighted by Crippen LogP contribution is -2.38. The minimum Gasteiger partial charge on any atom is -0.310 e. The number of rotatable bonds is 6. The molecule has 0 radical (unpaired) electrons. The summed E-state index contributed by atoms with van der Waals surface area (Å²) in [4.78, 5) is 2.22. The van der Waals surface area contributed by atoms with E-state index in [4.69, 9.17) is 11.6 Å². The molecule has 0 aromatic heterocycles. The molecule has 3 heteroatoms. The average Bonchev–Trinajstić information content (AvgIpc) is 2.25. The highest BCUT2D eigenvalue weighted by molar-refractivity contribution is 6.31. The zero-order valence-corrected chi connectivity index (χ0v) is 12.9. The zero-order chi connectivity index (χ0) is 13.8. The summed E-state index contributed by atoms with van der Waals surface area (Å²) in [5.41, 5.74) is 1.42. The van der Waals surface area contributed by atoms with E-state index < -0.39 is 0 Å². The predicted molar refractivity (Wildman–Crippen MR) is 80.2 cm³/mol. The Morgan fingerprint density at radius 1 is 1.28 bits per heavy atom. The van der Waals surface area contributed by atoms with E-state index in [1.807, 2.05) is 18.2 Å². The van der Waals surface area contributed by atoms with Crippen LogP contribution in [0.3, 0.4) is 0 Å². The van der Waals surface area contributed by atoms with Gasteiger partial charge in [-0.15, -0.1) is 0 Å². The van der Waals surface area contributed by atoms with Gasteiger partial charge in [0.2, 0.25) is 0 Å². The van der Waals surface area contributed by atoms with Gasteiger partial charge in [-0.1, -0.05) is 43.6 Å². The molecule has 1 rings (SSSR count).